The first-order valence-corrected chi connectivity index (χ1v) is 35.1. The number of phenols is 1. The molecule has 7 aromatic rings. The quantitative estimate of drug-likeness (QED) is 0.0194. The number of aromatic nitrogens is 3. The van der Waals surface area contributed by atoms with Gasteiger partial charge in [-0.2, -0.15) is 25.3 Å². The molecule has 0 spiro atoms. The first-order chi connectivity index (χ1) is 50.5. The van der Waals surface area contributed by atoms with Gasteiger partial charge in [0, 0.05) is 72.6 Å². The maximum atomic E-state index is 15.2. The van der Waals surface area contributed by atoms with Crippen molar-refractivity contribution in [2.24, 2.45) is 17.4 Å². The molecule has 0 bridgehead atoms. The fourth-order valence-corrected chi connectivity index (χ4v) is 11.6. The number of imidazole rings is 1. The Kier molecular flexibility index (Phi) is 30.5. The molecule has 0 aliphatic carbocycles. The molecule has 2 heterocycles. The molecule has 0 saturated heterocycles. The van der Waals surface area contributed by atoms with Gasteiger partial charge in [-0.05, 0) is 71.0 Å². The third-order valence-corrected chi connectivity index (χ3v) is 17.8. The molecule has 2 aromatic heterocycles. The molecular formula is C72H88N16O16S2. The number of nitrogens with two attached hydrogens (primary N) is 2. The van der Waals surface area contributed by atoms with Gasteiger partial charge in [-0.3, -0.25) is 62.3 Å². The van der Waals surface area contributed by atoms with Gasteiger partial charge in [-0.25, -0.2) is 4.98 Å². The van der Waals surface area contributed by atoms with E-state index in [4.69, 9.17) is 11.5 Å². The number of aromatic amines is 2. The summed E-state index contributed by atoms with van der Waals surface area (Å²) >= 11 is 8.39. The average Bonchev–Trinajstić information content (AvgIpc) is 1.76. The van der Waals surface area contributed by atoms with Crippen molar-refractivity contribution in [2.45, 2.75) is 139 Å². The number of nitrogens with one attached hydrogen (secondary N) is 13. The number of aliphatic hydroxyl groups excluding tert-OH is 1. The van der Waals surface area contributed by atoms with E-state index in [-0.39, 0.29) is 43.6 Å². The van der Waals surface area contributed by atoms with E-state index in [1.54, 1.807) is 98.9 Å². The van der Waals surface area contributed by atoms with Crippen molar-refractivity contribution in [1.82, 2.24) is 73.4 Å². The number of hydrogen-bond acceptors (Lipinski definition) is 19. The average molecular weight is 1500 g/mol. The summed E-state index contributed by atoms with van der Waals surface area (Å²) < 4.78 is 0. The number of hydrogen-bond donors (Lipinski definition) is 20. The number of carbonyl (C=O) groups is 13. The van der Waals surface area contributed by atoms with Crippen LogP contribution in [0, 0.1) is 5.92 Å². The summed E-state index contributed by atoms with van der Waals surface area (Å²) in [5.74, 6) is -14.4. The van der Waals surface area contributed by atoms with Crippen molar-refractivity contribution < 1.29 is 77.6 Å². The molecule has 0 aliphatic heterocycles. The van der Waals surface area contributed by atoms with Crippen LogP contribution in [0.2, 0.25) is 0 Å². The number of rotatable bonds is 39. The number of aromatic hydroxyl groups is 1. The van der Waals surface area contributed by atoms with Crippen molar-refractivity contribution in [3.05, 3.63) is 168 Å². The minimum absolute atomic E-state index is 0.0694. The van der Waals surface area contributed by atoms with Crippen molar-refractivity contribution in [2.75, 3.05) is 18.1 Å². The van der Waals surface area contributed by atoms with E-state index in [2.05, 4.69) is 98.7 Å². The number of thiol groups is 2. The van der Waals surface area contributed by atoms with E-state index in [1.165, 1.54) is 50.6 Å². The maximum Gasteiger partial charge on any atom is 0.305 e. The van der Waals surface area contributed by atoms with Crippen LogP contribution in [0.5, 0.6) is 5.75 Å². The summed E-state index contributed by atoms with van der Waals surface area (Å²) in [6.45, 7) is 5.04. The zero-order chi connectivity index (χ0) is 77.3. The lowest BCUT2D eigenvalue weighted by molar-refractivity contribution is -0.141. The minimum Gasteiger partial charge on any atom is -0.508 e. The van der Waals surface area contributed by atoms with Gasteiger partial charge in [-0.1, -0.05) is 117 Å². The molecular weight excluding hydrogens is 1410 g/mol. The van der Waals surface area contributed by atoms with Gasteiger partial charge in [0.15, 0.2) is 0 Å². The summed E-state index contributed by atoms with van der Waals surface area (Å²) in [6.07, 6.45) is 0.416. The molecule has 106 heavy (non-hydrogen) atoms. The molecule has 0 unspecified atom stereocenters. The number of primary amides is 1. The van der Waals surface area contributed by atoms with E-state index < -0.39 is 174 Å². The van der Waals surface area contributed by atoms with E-state index in [0.29, 0.717) is 38.9 Å². The number of phenolic OH excluding ortho intramolecular Hbond substituents is 1. The normalized spacial score (nSPS) is 14.6. The van der Waals surface area contributed by atoms with Crippen LogP contribution >= 0.6 is 25.3 Å². The number of benzene rings is 5. The Balaban J connectivity index is 1.14. The Labute approximate surface area is 619 Å². The van der Waals surface area contributed by atoms with Crippen LogP contribution in [0.4, 0.5) is 0 Å². The van der Waals surface area contributed by atoms with Gasteiger partial charge in [0.1, 0.15) is 66.2 Å². The SMILES string of the molecule is CC(C)[C@H](NC(=O)[C@H](Cc1c[nH]c2ccccc12)NC(=O)[C@H](CC(=O)O)NC(=O)[C@H](C)NC(=O)[C@@H](N)CS)C(=O)N[C@@H](CS)C(=O)N[C@@H](Cc1ccc(O)cc1)C(=O)N[C@@H](Cc1ccc2ccccc2c1)C(=O)N[C@@H](Cc1cnc[nH]1)C(=O)N[C@H](C(=O)N[C@@H](Cc1ccccc1)C(=O)NCC(N)=O)[C@@H](C)O. The largest absolute Gasteiger partial charge is 0.508 e. The molecule has 564 valence electrons. The summed E-state index contributed by atoms with van der Waals surface area (Å²) in [5.41, 5.74) is 14.0. The molecule has 0 radical (unpaired) electrons. The summed E-state index contributed by atoms with van der Waals surface area (Å²) in [4.78, 5) is 190. The predicted molar refractivity (Wildman–Crippen MR) is 396 cm³/mol. The lowest BCUT2D eigenvalue weighted by Crippen LogP contribution is -2.62. The summed E-state index contributed by atoms with van der Waals surface area (Å²) in [5, 5.41) is 61.4. The van der Waals surface area contributed by atoms with Crippen LogP contribution in [0.1, 0.15) is 62.1 Å². The highest BCUT2D eigenvalue weighted by Crippen LogP contribution is 2.22. The van der Waals surface area contributed by atoms with Gasteiger partial charge < -0.3 is 95.2 Å². The number of amides is 12. The van der Waals surface area contributed by atoms with Crippen LogP contribution in [0.3, 0.4) is 0 Å². The molecule has 7 rings (SSSR count). The second-order valence-corrected chi connectivity index (χ2v) is 26.4. The first-order valence-electron chi connectivity index (χ1n) is 33.8. The number of H-pyrrole nitrogens is 2. The third kappa shape index (κ3) is 24.4. The van der Waals surface area contributed by atoms with E-state index in [9.17, 15) is 68.1 Å². The molecule has 0 saturated carbocycles. The van der Waals surface area contributed by atoms with Crippen molar-refractivity contribution >= 4 is 124 Å². The standard InChI is InChI=1S/C72H88N16O16S2/c1-37(2)60(87-68(100)54(28-45-31-76-50-17-11-10-16-48(45)50)83-67(99)56(30-59(92)93)80-62(94)38(3)79-63(95)49(73)34-105)71(103)86-57(35-106)70(102)82-52(26-41-19-22-47(90)23-20-41)65(97)81-53(27-42-18-21-43-14-8-9-15-44(43)24-42)66(98)84-55(29-46-32-75-36-78-46)69(101)88-61(39(4)89)72(104)85-51(64(96)77-33-58(74)91)25-40-12-6-5-7-13-40/h5-24,31-32,36-39,49,51-57,60-61,76,89-90,105-106H,25-30,33-35,73H2,1-4H3,(H2,74,91)(H,75,78)(H,77,96)(H,79,95)(H,80,94)(H,81,97)(H,82,102)(H,83,99)(H,84,98)(H,85,104)(H,86,103)(H,87,100)(H,88,101)(H,92,93)/t38-,39+,49-,51-,52-,53-,54-,55-,56-,57-,60-,61-/m0/s1. The third-order valence-electron chi connectivity index (χ3n) is 17.0. The smallest absolute Gasteiger partial charge is 0.305 e. The minimum atomic E-state index is -1.82. The maximum absolute atomic E-state index is 15.2. The van der Waals surface area contributed by atoms with E-state index in [0.717, 1.165) is 10.8 Å². The second-order valence-electron chi connectivity index (χ2n) is 25.7. The van der Waals surface area contributed by atoms with Crippen LogP contribution in [-0.4, -0.2) is 198 Å². The summed E-state index contributed by atoms with van der Waals surface area (Å²) in [7, 11) is 0. The lowest BCUT2D eigenvalue weighted by atomic mass is 9.99. The highest BCUT2D eigenvalue weighted by molar-refractivity contribution is 7.80. The second kappa shape index (κ2) is 39.5. The van der Waals surface area contributed by atoms with Gasteiger partial charge >= 0.3 is 5.97 Å². The lowest BCUT2D eigenvalue weighted by Gasteiger charge is -2.29. The van der Waals surface area contributed by atoms with Crippen molar-refractivity contribution in [3.8, 4) is 5.75 Å². The van der Waals surface area contributed by atoms with Gasteiger partial charge in [0.05, 0.1) is 31.4 Å². The summed E-state index contributed by atoms with van der Waals surface area (Å²) in [6, 6.07) is 16.9. The topological polar surface area (TPSA) is 511 Å². The number of nitrogens with zero attached hydrogens (tertiary/aromatic N) is 1. The van der Waals surface area contributed by atoms with E-state index in [1.807, 2.05) is 18.2 Å². The number of aliphatic hydroxyl groups is 1. The molecule has 0 aliphatic rings. The zero-order valence-electron chi connectivity index (χ0n) is 58.3. The molecule has 20 N–H and O–H groups in total. The van der Waals surface area contributed by atoms with Crippen LogP contribution < -0.4 is 70.0 Å². The zero-order valence-corrected chi connectivity index (χ0v) is 60.1. The first kappa shape index (κ1) is 81.9. The highest BCUT2D eigenvalue weighted by atomic mass is 32.1. The van der Waals surface area contributed by atoms with Crippen LogP contribution in [-0.2, 0) is 94.4 Å². The molecule has 5 aromatic carbocycles. The Morgan fingerprint density at radius 3 is 1.56 bits per heavy atom. The molecule has 32 nitrogen and oxygen atoms in total. The number of carboxylic acids is 1. The van der Waals surface area contributed by atoms with Crippen molar-refractivity contribution in [3.63, 3.8) is 0 Å². The molecule has 34 heteroatoms. The molecule has 12 atom stereocenters. The number of carbonyl (C=O) groups excluding carboxylic acids is 12. The van der Waals surface area contributed by atoms with Gasteiger partial charge in [0.2, 0.25) is 70.9 Å². The van der Waals surface area contributed by atoms with Crippen molar-refractivity contribution in [1.29, 1.82) is 0 Å². The number of carboxylic acid groups (broad SMARTS) is 1. The Bertz CT molecular complexity index is 4260. The number of para-hydroxylation sites is 1. The van der Waals surface area contributed by atoms with Crippen LogP contribution in [0.15, 0.2) is 140 Å². The fourth-order valence-electron chi connectivity index (χ4n) is 11.2. The number of fused-ring (bicyclic) bond motifs is 2. The highest BCUT2D eigenvalue weighted by Gasteiger charge is 2.38. The van der Waals surface area contributed by atoms with Gasteiger partial charge in [-0.15, -0.1) is 0 Å². The predicted octanol–water partition coefficient (Wildman–Crippen LogP) is -1.57. The fraction of sp³-hybridized carbons (Fsp3) is 0.361. The molecule has 0 fully saturated rings. The van der Waals surface area contributed by atoms with Crippen LogP contribution in [0.25, 0.3) is 21.7 Å². The number of aliphatic carboxylic acids is 1. The Morgan fingerprint density at radius 2 is 0.972 bits per heavy atom. The molecule has 12 amide bonds. The monoisotopic (exact) mass is 1500 g/mol. The van der Waals surface area contributed by atoms with Gasteiger partial charge in [0.25, 0.3) is 0 Å². The Hall–Kier alpha value is -11.4. The van der Waals surface area contributed by atoms with E-state index >= 15 is 9.59 Å². The Morgan fingerprint density at radius 1 is 0.481 bits per heavy atom.